The molecule has 5 heteroatoms. The lowest BCUT2D eigenvalue weighted by molar-refractivity contribution is 0.591. The number of hydrogen-bond donors (Lipinski definition) is 1. The van der Waals surface area contributed by atoms with E-state index in [1.807, 2.05) is 11.8 Å². The van der Waals surface area contributed by atoms with Crippen molar-refractivity contribution in [2.24, 2.45) is 0 Å². The molecule has 3 nitrogen and oxygen atoms in total. The molecule has 15 heavy (non-hydrogen) atoms. The predicted molar refractivity (Wildman–Crippen MR) is 66.8 cm³/mol. The number of fused-ring (bicyclic) bond motifs is 1. The second kappa shape index (κ2) is 5.80. The molecule has 1 aromatic rings. The monoisotopic (exact) mass is 243 g/mol. The van der Waals surface area contributed by atoms with E-state index in [4.69, 9.17) is 0 Å². The zero-order chi connectivity index (χ0) is 10.5. The van der Waals surface area contributed by atoms with Crippen LogP contribution >= 0.6 is 24.4 Å². The van der Waals surface area contributed by atoms with E-state index in [9.17, 15) is 0 Å². The van der Waals surface area contributed by atoms with Crippen LogP contribution in [0.15, 0.2) is 5.16 Å². The molecule has 0 aromatic carbocycles. The van der Waals surface area contributed by atoms with Gasteiger partial charge in [0.2, 0.25) is 0 Å². The van der Waals surface area contributed by atoms with E-state index in [2.05, 4.69) is 27.4 Å². The van der Waals surface area contributed by atoms with Crippen LogP contribution in [0.25, 0.3) is 0 Å². The van der Waals surface area contributed by atoms with Crippen LogP contribution in [-0.4, -0.2) is 26.3 Å². The summed E-state index contributed by atoms with van der Waals surface area (Å²) >= 11 is 6.03. The summed E-state index contributed by atoms with van der Waals surface area (Å²) in [6.07, 6.45) is 6.09. The summed E-state index contributed by atoms with van der Waals surface area (Å²) in [4.78, 5) is 0. The minimum atomic E-state index is 0.952. The van der Waals surface area contributed by atoms with Gasteiger partial charge in [-0.1, -0.05) is 18.2 Å². The number of aryl methyl sites for hydroxylation is 1. The molecule has 0 spiro atoms. The average molecular weight is 243 g/mol. The second-order valence-corrected chi connectivity index (χ2v) is 5.30. The van der Waals surface area contributed by atoms with Gasteiger partial charge in [-0.3, -0.25) is 0 Å². The Morgan fingerprint density at radius 1 is 1.27 bits per heavy atom. The Kier molecular flexibility index (Phi) is 4.38. The van der Waals surface area contributed by atoms with Gasteiger partial charge in [0.15, 0.2) is 5.16 Å². The van der Waals surface area contributed by atoms with E-state index >= 15 is 0 Å². The molecule has 2 rings (SSSR count). The van der Waals surface area contributed by atoms with Crippen molar-refractivity contribution < 1.29 is 0 Å². The largest absolute Gasteiger partial charge is 0.306 e. The fraction of sp³-hybridized carbons (Fsp3) is 0.800. The maximum Gasteiger partial charge on any atom is 0.191 e. The zero-order valence-corrected chi connectivity index (χ0v) is 10.6. The fourth-order valence-electron chi connectivity index (χ4n) is 1.79. The van der Waals surface area contributed by atoms with E-state index in [1.165, 1.54) is 25.1 Å². The van der Waals surface area contributed by atoms with Gasteiger partial charge in [0.1, 0.15) is 5.82 Å². The van der Waals surface area contributed by atoms with Gasteiger partial charge in [0.25, 0.3) is 0 Å². The van der Waals surface area contributed by atoms with Gasteiger partial charge in [-0.05, 0) is 25.0 Å². The van der Waals surface area contributed by atoms with Crippen LogP contribution in [0, 0.1) is 0 Å². The van der Waals surface area contributed by atoms with E-state index in [1.54, 1.807) is 0 Å². The highest BCUT2D eigenvalue weighted by molar-refractivity contribution is 7.99. The molecule has 0 radical (unpaired) electrons. The number of thiol groups is 1. The molecular formula is C10H17N3S2. The Hall–Kier alpha value is -0.160. The first-order chi connectivity index (χ1) is 7.42. The Balaban J connectivity index is 2.01. The van der Waals surface area contributed by atoms with Crippen molar-refractivity contribution >= 4 is 24.4 Å². The molecule has 0 N–H and O–H groups in total. The summed E-state index contributed by atoms with van der Waals surface area (Å²) in [6.45, 7) is 1.10. The van der Waals surface area contributed by atoms with E-state index in [0.717, 1.165) is 36.0 Å². The maximum absolute atomic E-state index is 4.27. The summed E-state index contributed by atoms with van der Waals surface area (Å²) < 4.78 is 2.30. The predicted octanol–water partition coefficient (Wildman–Crippen LogP) is 2.42. The summed E-state index contributed by atoms with van der Waals surface area (Å²) in [5.41, 5.74) is 0. The maximum atomic E-state index is 4.27. The normalized spacial score (nSPS) is 16.1. The highest BCUT2D eigenvalue weighted by atomic mass is 32.2. The van der Waals surface area contributed by atoms with Crippen molar-refractivity contribution in [3.05, 3.63) is 5.82 Å². The summed E-state index contributed by atoms with van der Waals surface area (Å²) in [5.74, 6) is 3.23. The van der Waals surface area contributed by atoms with Crippen LogP contribution in [-0.2, 0) is 13.0 Å². The molecule has 84 valence electrons. The first-order valence-electron chi connectivity index (χ1n) is 5.57. The molecule has 1 aliphatic rings. The molecule has 1 aliphatic heterocycles. The average Bonchev–Trinajstić information content (AvgIpc) is 2.50. The van der Waals surface area contributed by atoms with Crippen molar-refractivity contribution in [3.8, 4) is 0 Å². The number of aromatic nitrogens is 3. The van der Waals surface area contributed by atoms with E-state index in [0.29, 0.717) is 0 Å². The molecule has 0 amide bonds. The van der Waals surface area contributed by atoms with E-state index in [-0.39, 0.29) is 0 Å². The van der Waals surface area contributed by atoms with Crippen molar-refractivity contribution in [2.45, 2.75) is 43.8 Å². The van der Waals surface area contributed by atoms with Crippen LogP contribution in [0.2, 0.25) is 0 Å². The van der Waals surface area contributed by atoms with Gasteiger partial charge in [-0.15, -0.1) is 10.2 Å². The highest BCUT2D eigenvalue weighted by Gasteiger charge is 2.14. The molecule has 0 saturated carbocycles. The summed E-state index contributed by atoms with van der Waals surface area (Å²) in [7, 11) is 0. The minimum Gasteiger partial charge on any atom is -0.306 e. The van der Waals surface area contributed by atoms with Gasteiger partial charge >= 0.3 is 0 Å². The van der Waals surface area contributed by atoms with E-state index < -0.39 is 0 Å². The first-order valence-corrected chi connectivity index (χ1v) is 7.19. The third-order valence-electron chi connectivity index (χ3n) is 2.61. The van der Waals surface area contributed by atoms with Gasteiger partial charge in [-0.2, -0.15) is 12.6 Å². The van der Waals surface area contributed by atoms with Gasteiger partial charge in [0.05, 0.1) is 0 Å². The number of rotatable bonds is 4. The fourth-order valence-corrected chi connectivity index (χ4v) is 3.09. The van der Waals surface area contributed by atoms with Crippen molar-refractivity contribution in [3.63, 3.8) is 0 Å². The molecule has 0 saturated heterocycles. The molecule has 0 unspecified atom stereocenters. The zero-order valence-electron chi connectivity index (χ0n) is 8.85. The van der Waals surface area contributed by atoms with Crippen LogP contribution in [0.1, 0.15) is 31.5 Å². The third kappa shape index (κ3) is 2.91. The topological polar surface area (TPSA) is 30.7 Å². The lowest BCUT2D eigenvalue weighted by Gasteiger charge is -2.05. The van der Waals surface area contributed by atoms with Gasteiger partial charge < -0.3 is 4.57 Å². The number of thioether (sulfide) groups is 1. The molecule has 2 heterocycles. The van der Waals surface area contributed by atoms with Crippen LogP contribution in [0.5, 0.6) is 0 Å². The Bertz CT molecular complexity index is 312. The van der Waals surface area contributed by atoms with Crippen LogP contribution in [0.3, 0.4) is 0 Å². The Morgan fingerprint density at radius 2 is 2.20 bits per heavy atom. The molecule has 0 fully saturated rings. The molecule has 0 atom stereocenters. The number of nitrogens with zero attached hydrogens (tertiary/aromatic N) is 3. The van der Waals surface area contributed by atoms with Crippen molar-refractivity contribution in [2.75, 3.05) is 11.5 Å². The minimum absolute atomic E-state index is 0.952. The van der Waals surface area contributed by atoms with Crippen LogP contribution in [0.4, 0.5) is 0 Å². The van der Waals surface area contributed by atoms with Gasteiger partial charge in [-0.25, -0.2) is 0 Å². The SMILES string of the molecule is SCCCSc1nnc2n1CCCCC2. The molecule has 1 aromatic heterocycles. The second-order valence-electron chi connectivity index (χ2n) is 3.79. The molecule has 0 bridgehead atoms. The standard InChI is InChI=1S/C10H17N3S2/c14-7-4-8-15-10-12-11-9-5-2-1-3-6-13(9)10/h14H,1-8H2. The smallest absolute Gasteiger partial charge is 0.191 e. The Morgan fingerprint density at radius 3 is 3.07 bits per heavy atom. The lowest BCUT2D eigenvalue weighted by Crippen LogP contribution is -2.02. The first kappa shape index (κ1) is 11.3. The van der Waals surface area contributed by atoms with Crippen molar-refractivity contribution in [1.82, 2.24) is 14.8 Å². The van der Waals surface area contributed by atoms with Crippen LogP contribution < -0.4 is 0 Å². The summed E-state index contributed by atoms with van der Waals surface area (Å²) in [5, 5.41) is 9.64. The molecule has 0 aliphatic carbocycles. The van der Waals surface area contributed by atoms with Gasteiger partial charge in [0, 0.05) is 18.7 Å². The van der Waals surface area contributed by atoms with Crippen molar-refractivity contribution in [1.29, 1.82) is 0 Å². The number of hydrogen-bond acceptors (Lipinski definition) is 4. The quantitative estimate of drug-likeness (QED) is 0.500. The molecular weight excluding hydrogens is 226 g/mol. The summed E-state index contributed by atoms with van der Waals surface area (Å²) in [6, 6.07) is 0. The Labute approximate surface area is 100 Å². The lowest BCUT2D eigenvalue weighted by atomic mass is 10.2. The third-order valence-corrected chi connectivity index (χ3v) is 3.98. The highest BCUT2D eigenvalue weighted by Crippen LogP contribution is 2.22.